The first-order valence-corrected chi connectivity index (χ1v) is 9.26. The van der Waals surface area contributed by atoms with Gasteiger partial charge in [0.15, 0.2) is 0 Å². The predicted octanol–water partition coefficient (Wildman–Crippen LogP) is 6.86. The van der Waals surface area contributed by atoms with Gasteiger partial charge >= 0.3 is 0 Å². The second-order valence-electron chi connectivity index (χ2n) is 7.70. The molecule has 0 aliphatic carbocycles. The van der Waals surface area contributed by atoms with E-state index in [0.717, 1.165) is 5.75 Å². The van der Waals surface area contributed by atoms with Gasteiger partial charge in [-0.15, -0.1) is 0 Å². The highest BCUT2D eigenvalue weighted by Crippen LogP contribution is 2.26. The molecular formula is C23H32O. The molecule has 0 aliphatic heterocycles. The molecule has 130 valence electrons. The first kappa shape index (κ1) is 18.6. The topological polar surface area (TPSA) is 9.23 Å². The highest BCUT2D eigenvalue weighted by atomic mass is 16.5. The molecule has 0 amide bonds. The first-order chi connectivity index (χ1) is 11.4. The van der Waals surface area contributed by atoms with Crippen LogP contribution in [-0.2, 0) is 12.0 Å². The largest absolute Gasteiger partial charge is 0.489 e. The molecule has 2 aromatic rings. The van der Waals surface area contributed by atoms with E-state index in [-0.39, 0.29) is 5.41 Å². The van der Waals surface area contributed by atoms with E-state index >= 15 is 0 Å². The zero-order valence-corrected chi connectivity index (χ0v) is 15.9. The fourth-order valence-corrected chi connectivity index (χ4v) is 3.06. The Kier molecular flexibility index (Phi) is 6.48. The van der Waals surface area contributed by atoms with Gasteiger partial charge in [-0.05, 0) is 53.0 Å². The summed E-state index contributed by atoms with van der Waals surface area (Å²) >= 11 is 0. The van der Waals surface area contributed by atoms with Crippen molar-refractivity contribution in [2.75, 3.05) is 0 Å². The maximum absolute atomic E-state index is 5.93. The summed E-state index contributed by atoms with van der Waals surface area (Å²) in [6.07, 6.45) is 3.73. The maximum Gasteiger partial charge on any atom is 0.119 e. The van der Waals surface area contributed by atoms with Crippen LogP contribution in [0.5, 0.6) is 5.75 Å². The smallest absolute Gasteiger partial charge is 0.119 e. The summed E-state index contributed by atoms with van der Waals surface area (Å²) in [5.41, 5.74) is 4.20. The van der Waals surface area contributed by atoms with E-state index in [1.165, 1.54) is 36.0 Å². The van der Waals surface area contributed by atoms with Crippen LogP contribution in [0.2, 0.25) is 0 Å². The molecular weight excluding hydrogens is 292 g/mol. The summed E-state index contributed by atoms with van der Waals surface area (Å²) < 4.78 is 5.93. The molecule has 1 unspecified atom stereocenters. The lowest BCUT2D eigenvalue weighted by Crippen LogP contribution is -2.10. The van der Waals surface area contributed by atoms with Crippen molar-refractivity contribution in [3.63, 3.8) is 0 Å². The summed E-state index contributed by atoms with van der Waals surface area (Å²) in [7, 11) is 0. The third-order valence-corrected chi connectivity index (χ3v) is 4.71. The van der Waals surface area contributed by atoms with Crippen LogP contribution in [0.15, 0.2) is 48.5 Å². The van der Waals surface area contributed by atoms with Crippen molar-refractivity contribution in [2.45, 2.75) is 71.8 Å². The normalized spacial score (nSPS) is 12.9. The van der Waals surface area contributed by atoms with Gasteiger partial charge in [0.05, 0.1) is 0 Å². The Morgan fingerprint density at radius 1 is 0.875 bits per heavy atom. The lowest BCUT2D eigenvalue weighted by molar-refractivity contribution is 0.306. The standard InChI is InChI=1S/C23H32O/c1-6-8-19(7-2)20-11-9-18(10-12-20)17-24-22-15-13-21(14-16-22)23(3,4)5/h9-16,19H,6-8,17H2,1-5H3. The molecule has 0 aliphatic rings. The number of hydrogen-bond donors (Lipinski definition) is 0. The molecule has 2 rings (SSSR count). The van der Waals surface area contributed by atoms with Crippen molar-refractivity contribution in [3.8, 4) is 5.75 Å². The number of hydrogen-bond acceptors (Lipinski definition) is 1. The summed E-state index contributed by atoms with van der Waals surface area (Å²) in [6, 6.07) is 17.4. The van der Waals surface area contributed by atoms with Gasteiger partial charge in [-0.2, -0.15) is 0 Å². The summed E-state index contributed by atoms with van der Waals surface area (Å²) in [4.78, 5) is 0. The van der Waals surface area contributed by atoms with E-state index < -0.39 is 0 Å². The van der Waals surface area contributed by atoms with Crippen LogP contribution in [0, 0.1) is 0 Å². The first-order valence-electron chi connectivity index (χ1n) is 9.26. The van der Waals surface area contributed by atoms with Gasteiger partial charge in [0, 0.05) is 0 Å². The number of benzene rings is 2. The van der Waals surface area contributed by atoms with E-state index in [1.54, 1.807) is 0 Å². The van der Waals surface area contributed by atoms with Gasteiger partial charge < -0.3 is 4.74 Å². The number of rotatable bonds is 7. The number of ether oxygens (including phenoxy) is 1. The Morgan fingerprint density at radius 3 is 2.00 bits per heavy atom. The quantitative estimate of drug-likeness (QED) is 0.540. The minimum absolute atomic E-state index is 0.183. The average molecular weight is 325 g/mol. The van der Waals surface area contributed by atoms with Crippen LogP contribution >= 0.6 is 0 Å². The molecule has 0 spiro atoms. The van der Waals surface area contributed by atoms with Crippen molar-refractivity contribution in [1.82, 2.24) is 0 Å². The van der Waals surface area contributed by atoms with Gasteiger partial charge in [0.1, 0.15) is 12.4 Å². The summed E-state index contributed by atoms with van der Waals surface area (Å²) in [5.74, 6) is 1.62. The zero-order valence-electron chi connectivity index (χ0n) is 15.9. The highest BCUT2D eigenvalue weighted by molar-refractivity contribution is 5.31. The van der Waals surface area contributed by atoms with Gasteiger partial charge in [0.2, 0.25) is 0 Å². The molecule has 0 saturated heterocycles. The molecule has 24 heavy (non-hydrogen) atoms. The Bertz CT molecular complexity index is 602. The van der Waals surface area contributed by atoms with Crippen molar-refractivity contribution < 1.29 is 4.74 Å². The molecule has 0 saturated carbocycles. The van der Waals surface area contributed by atoms with Crippen molar-refractivity contribution >= 4 is 0 Å². The molecule has 1 heteroatoms. The molecule has 2 aromatic carbocycles. The lowest BCUT2D eigenvalue weighted by Gasteiger charge is -2.19. The van der Waals surface area contributed by atoms with Crippen LogP contribution in [0.3, 0.4) is 0 Å². The second kappa shape index (κ2) is 8.37. The van der Waals surface area contributed by atoms with Crippen LogP contribution in [0.25, 0.3) is 0 Å². The molecule has 0 bridgehead atoms. The Labute approximate surface area is 148 Å². The Hall–Kier alpha value is -1.76. The molecule has 0 heterocycles. The van der Waals surface area contributed by atoms with E-state index in [1.807, 2.05) is 0 Å². The minimum atomic E-state index is 0.183. The molecule has 0 fully saturated rings. The van der Waals surface area contributed by atoms with E-state index in [2.05, 4.69) is 83.1 Å². The van der Waals surface area contributed by atoms with Crippen LogP contribution in [-0.4, -0.2) is 0 Å². The Morgan fingerprint density at radius 2 is 1.50 bits per heavy atom. The SMILES string of the molecule is CCCC(CC)c1ccc(COc2ccc(C(C)(C)C)cc2)cc1. The van der Waals surface area contributed by atoms with E-state index in [9.17, 15) is 0 Å². The second-order valence-corrected chi connectivity index (χ2v) is 7.70. The maximum atomic E-state index is 5.93. The Balaban J connectivity index is 1.95. The van der Waals surface area contributed by atoms with Gasteiger partial charge in [0.25, 0.3) is 0 Å². The van der Waals surface area contributed by atoms with Crippen molar-refractivity contribution in [2.24, 2.45) is 0 Å². The third-order valence-electron chi connectivity index (χ3n) is 4.71. The van der Waals surface area contributed by atoms with Crippen LogP contribution < -0.4 is 4.74 Å². The van der Waals surface area contributed by atoms with Crippen LogP contribution in [0.1, 0.15) is 76.5 Å². The minimum Gasteiger partial charge on any atom is -0.489 e. The van der Waals surface area contributed by atoms with Crippen LogP contribution in [0.4, 0.5) is 0 Å². The molecule has 1 nitrogen and oxygen atoms in total. The predicted molar refractivity (Wildman–Crippen MR) is 104 cm³/mol. The molecule has 0 radical (unpaired) electrons. The average Bonchev–Trinajstić information content (AvgIpc) is 2.58. The molecule has 1 atom stereocenters. The third kappa shape index (κ3) is 5.12. The van der Waals surface area contributed by atoms with E-state index in [4.69, 9.17) is 4.74 Å². The summed E-state index contributed by atoms with van der Waals surface area (Å²) in [6.45, 7) is 11.8. The van der Waals surface area contributed by atoms with E-state index in [0.29, 0.717) is 12.5 Å². The molecule has 0 aromatic heterocycles. The molecule has 0 N–H and O–H groups in total. The monoisotopic (exact) mass is 324 g/mol. The zero-order chi connectivity index (χ0) is 17.6. The van der Waals surface area contributed by atoms with Crippen molar-refractivity contribution in [3.05, 3.63) is 65.2 Å². The van der Waals surface area contributed by atoms with Gasteiger partial charge in [-0.25, -0.2) is 0 Å². The van der Waals surface area contributed by atoms with Crippen molar-refractivity contribution in [1.29, 1.82) is 0 Å². The summed E-state index contributed by atoms with van der Waals surface area (Å²) in [5, 5.41) is 0. The lowest BCUT2D eigenvalue weighted by atomic mass is 9.87. The highest BCUT2D eigenvalue weighted by Gasteiger charge is 2.13. The fraction of sp³-hybridized carbons (Fsp3) is 0.478. The van der Waals surface area contributed by atoms with Gasteiger partial charge in [-0.1, -0.05) is 77.4 Å². The van der Waals surface area contributed by atoms with Gasteiger partial charge in [-0.3, -0.25) is 0 Å². The fourth-order valence-electron chi connectivity index (χ4n) is 3.06.